The number of nitrogens with zero attached hydrogens (tertiary/aromatic N) is 3. The van der Waals surface area contributed by atoms with Crippen LogP contribution in [-0.2, 0) is 4.79 Å². The summed E-state index contributed by atoms with van der Waals surface area (Å²) in [6.07, 6.45) is 4.23. The highest BCUT2D eigenvalue weighted by molar-refractivity contribution is 5.66. The minimum atomic E-state index is -0.799. The first kappa shape index (κ1) is 15.2. The van der Waals surface area contributed by atoms with Gasteiger partial charge in [0.2, 0.25) is 5.82 Å². The molecule has 1 atom stereocenters. The molecule has 0 spiro atoms. The average molecular weight is 293 g/mol. The van der Waals surface area contributed by atoms with Gasteiger partial charge in [-0.15, -0.1) is 0 Å². The molecule has 1 aromatic heterocycles. The number of aromatic nitrogens is 1. The van der Waals surface area contributed by atoms with Crippen molar-refractivity contribution in [2.75, 3.05) is 18.0 Å². The van der Waals surface area contributed by atoms with E-state index in [1.165, 1.54) is 6.07 Å². The summed E-state index contributed by atoms with van der Waals surface area (Å²) in [7, 11) is 0. The second-order valence-electron chi connectivity index (χ2n) is 5.50. The molecule has 7 nitrogen and oxygen atoms in total. The molecule has 114 valence electrons. The smallest absolute Gasteiger partial charge is 0.311 e. The van der Waals surface area contributed by atoms with E-state index >= 15 is 0 Å². The molecule has 1 N–H and O–H groups in total. The number of hydrogen-bond donors (Lipinski definition) is 1. The highest BCUT2D eigenvalue weighted by Gasteiger charge is 2.27. The number of nitro groups is 1. The van der Waals surface area contributed by atoms with Gasteiger partial charge in [0, 0.05) is 31.8 Å². The first-order valence-electron chi connectivity index (χ1n) is 7.05. The molecule has 21 heavy (non-hydrogen) atoms. The molecule has 1 unspecified atom stereocenters. The predicted octanol–water partition coefficient (Wildman–Crippen LogP) is 2.38. The zero-order valence-electron chi connectivity index (χ0n) is 12.0. The van der Waals surface area contributed by atoms with E-state index in [0.29, 0.717) is 18.8 Å². The molecule has 0 aliphatic carbocycles. The summed E-state index contributed by atoms with van der Waals surface area (Å²) < 4.78 is 0. The summed E-state index contributed by atoms with van der Waals surface area (Å²) in [4.78, 5) is 27.6. The molecule has 0 aromatic carbocycles. The molecule has 0 amide bonds. The van der Waals surface area contributed by atoms with Gasteiger partial charge in [-0.25, -0.2) is 4.98 Å². The number of rotatable bonds is 5. The lowest BCUT2D eigenvalue weighted by Crippen LogP contribution is -2.36. The molecule has 0 bridgehead atoms. The van der Waals surface area contributed by atoms with Gasteiger partial charge in [0.25, 0.3) is 0 Å². The van der Waals surface area contributed by atoms with Crippen LogP contribution in [0.5, 0.6) is 0 Å². The van der Waals surface area contributed by atoms with E-state index in [9.17, 15) is 14.9 Å². The van der Waals surface area contributed by atoms with Gasteiger partial charge in [0.1, 0.15) is 0 Å². The molecule has 1 aliphatic heterocycles. The summed E-state index contributed by atoms with van der Waals surface area (Å²) >= 11 is 0. The molecule has 0 radical (unpaired) electrons. The number of aliphatic carboxylic acids is 1. The van der Waals surface area contributed by atoms with Crippen LogP contribution in [0.15, 0.2) is 12.3 Å². The fourth-order valence-corrected chi connectivity index (χ4v) is 2.75. The first-order valence-corrected chi connectivity index (χ1v) is 7.05. The summed E-state index contributed by atoms with van der Waals surface area (Å²) in [6, 6.07) is 1.53. The number of hydrogen-bond acceptors (Lipinski definition) is 5. The van der Waals surface area contributed by atoms with Gasteiger partial charge in [0.15, 0.2) is 0 Å². The van der Waals surface area contributed by atoms with Crippen molar-refractivity contribution in [3.63, 3.8) is 0 Å². The van der Waals surface area contributed by atoms with Crippen LogP contribution in [0.4, 0.5) is 11.5 Å². The van der Waals surface area contributed by atoms with E-state index < -0.39 is 10.9 Å². The van der Waals surface area contributed by atoms with E-state index in [2.05, 4.69) is 4.98 Å². The maximum absolute atomic E-state index is 11.2. The monoisotopic (exact) mass is 293 g/mol. The lowest BCUT2D eigenvalue weighted by atomic mass is 9.93. The Morgan fingerprint density at radius 2 is 2.38 bits per heavy atom. The predicted molar refractivity (Wildman–Crippen MR) is 77.4 cm³/mol. The average Bonchev–Trinajstić information content (AvgIpc) is 2.45. The highest BCUT2D eigenvalue weighted by Crippen LogP contribution is 2.31. The minimum Gasteiger partial charge on any atom is -0.481 e. The molecule has 0 saturated carbocycles. The highest BCUT2D eigenvalue weighted by atomic mass is 16.6. The van der Waals surface area contributed by atoms with Crippen LogP contribution in [0.2, 0.25) is 0 Å². The molecule has 1 aliphatic rings. The molecule has 7 heteroatoms. The SMILES string of the molecule is Cc1cnc(N2CCCC(CCC(=O)O)C2)c([N+](=O)[O-])c1. The van der Waals surface area contributed by atoms with Gasteiger partial charge in [0.05, 0.1) is 4.92 Å². The topological polar surface area (TPSA) is 96.6 Å². The Labute approximate surface area is 122 Å². The normalized spacial score (nSPS) is 18.5. The number of piperidine rings is 1. The summed E-state index contributed by atoms with van der Waals surface area (Å²) in [6.45, 7) is 3.13. The van der Waals surface area contributed by atoms with Crippen molar-refractivity contribution < 1.29 is 14.8 Å². The third kappa shape index (κ3) is 3.90. The fourth-order valence-electron chi connectivity index (χ4n) is 2.75. The van der Waals surface area contributed by atoms with E-state index in [4.69, 9.17) is 5.11 Å². The Balaban J connectivity index is 2.14. The number of pyridine rings is 1. The second kappa shape index (κ2) is 6.51. The maximum atomic E-state index is 11.2. The first-order chi connectivity index (χ1) is 9.97. The molecular formula is C14H19N3O4. The van der Waals surface area contributed by atoms with Gasteiger partial charge in [-0.05, 0) is 37.7 Å². The van der Waals surface area contributed by atoms with Crippen molar-refractivity contribution in [3.8, 4) is 0 Å². The number of carbonyl (C=O) groups is 1. The molecule has 2 rings (SSSR count). The van der Waals surface area contributed by atoms with Crippen molar-refractivity contribution in [1.82, 2.24) is 4.98 Å². The number of aryl methyl sites for hydroxylation is 1. The van der Waals surface area contributed by atoms with E-state index in [-0.39, 0.29) is 18.0 Å². The molecular weight excluding hydrogens is 274 g/mol. The number of carboxylic acids is 1. The molecule has 1 fully saturated rings. The van der Waals surface area contributed by atoms with Gasteiger partial charge in [-0.3, -0.25) is 14.9 Å². The Bertz CT molecular complexity index is 547. The van der Waals surface area contributed by atoms with Crippen molar-refractivity contribution in [1.29, 1.82) is 0 Å². The summed E-state index contributed by atoms with van der Waals surface area (Å²) in [5.74, 6) is -0.158. The van der Waals surface area contributed by atoms with Gasteiger partial charge in [-0.1, -0.05) is 0 Å². The fraction of sp³-hybridized carbons (Fsp3) is 0.571. The van der Waals surface area contributed by atoms with E-state index in [1.807, 2.05) is 4.90 Å². The lowest BCUT2D eigenvalue weighted by molar-refractivity contribution is -0.384. The molecule has 1 saturated heterocycles. The summed E-state index contributed by atoms with van der Waals surface area (Å²) in [5, 5.41) is 19.9. The number of anilines is 1. The number of carboxylic acid groups (broad SMARTS) is 1. The van der Waals surface area contributed by atoms with E-state index in [1.54, 1.807) is 13.1 Å². The van der Waals surface area contributed by atoms with Crippen LogP contribution >= 0.6 is 0 Å². The Kier molecular flexibility index (Phi) is 4.72. The summed E-state index contributed by atoms with van der Waals surface area (Å²) in [5.41, 5.74) is 0.777. The van der Waals surface area contributed by atoms with Crippen LogP contribution in [-0.4, -0.2) is 34.1 Å². The van der Waals surface area contributed by atoms with Crippen LogP contribution in [0, 0.1) is 23.0 Å². The molecule has 1 aromatic rings. The van der Waals surface area contributed by atoms with Crippen molar-refractivity contribution in [2.24, 2.45) is 5.92 Å². The van der Waals surface area contributed by atoms with Crippen LogP contribution in [0.1, 0.15) is 31.2 Å². The van der Waals surface area contributed by atoms with Crippen LogP contribution in [0.3, 0.4) is 0 Å². The third-order valence-electron chi connectivity index (χ3n) is 3.77. The second-order valence-corrected chi connectivity index (χ2v) is 5.50. The molecule has 2 heterocycles. The van der Waals surface area contributed by atoms with Gasteiger partial charge >= 0.3 is 11.7 Å². The third-order valence-corrected chi connectivity index (χ3v) is 3.77. The zero-order valence-corrected chi connectivity index (χ0v) is 12.0. The Hall–Kier alpha value is -2.18. The maximum Gasteiger partial charge on any atom is 0.311 e. The standard InChI is InChI=1S/C14H19N3O4/c1-10-7-12(17(20)21)14(15-8-10)16-6-2-3-11(9-16)4-5-13(18)19/h7-8,11H,2-6,9H2,1H3,(H,18,19). The minimum absolute atomic E-state index is 0.0221. The van der Waals surface area contributed by atoms with E-state index in [0.717, 1.165) is 24.9 Å². The largest absolute Gasteiger partial charge is 0.481 e. The van der Waals surface area contributed by atoms with Gasteiger partial charge < -0.3 is 10.0 Å². The van der Waals surface area contributed by atoms with Crippen molar-refractivity contribution in [3.05, 3.63) is 27.9 Å². The Morgan fingerprint density at radius 3 is 3.05 bits per heavy atom. The van der Waals surface area contributed by atoms with Crippen LogP contribution in [0.25, 0.3) is 0 Å². The van der Waals surface area contributed by atoms with Gasteiger partial charge in [-0.2, -0.15) is 0 Å². The lowest BCUT2D eigenvalue weighted by Gasteiger charge is -2.33. The zero-order chi connectivity index (χ0) is 15.4. The van der Waals surface area contributed by atoms with Crippen molar-refractivity contribution >= 4 is 17.5 Å². The Morgan fingerprint density at radius 1 is 1.62 bits per heavy atom. The quantitative estimate of drug-likeness (QED) is 0.661. The van der Waals surface area contributed by atoms with Crippen molar-refractivity contribution in [2.45, 2.75) is 32.6 Å². The van der Waals surface area contributed by atoms with Crippen LogP contribution < -0.4 is 4.90 Å².